The van der Waals surface area contributed by atoms with Gasteiger partial charge in [0.2, 0.25) is 0 Å². The van der Waals surface area contributed by atoms with Gasteiger partial charge in [0.05, 0.1) is 21.2 Å². The largest absolute Gasteiger partial charge is 0.487 e. The zero-order valence-corrected chi connectivity index (χ0v) is 12.8. The first-order valence-corrected chi connectivity index (χ1v) is 6.96. The Morgan fingerprint density at radius 1 is 1.13 bits per heavy atom. The number of alkyl halides is 3. The van der Waals surface area contributed by atoms with Gasteiger partial charge in [-0.25, -0.2) is 4.79 Å². The van der Waals surface area contributed by atoms with Crippen LogP contribution in [-0.4, -0.2) is 11.1 Å². The minimum Gasteiger partial charge on any atom is -0.487 e. The van der Waals surface area contributed by atoms with E-state index in [-0.39, 0.29) is 26.9 Å². The van der Waals surface area contributed by atoms with Crippen LogP contribution < -0.4 is 4.74 Å². The van der Waals surface area contributed by atoms with Gasteiger partial charge in [-0.05, 0) is 18.2 Å². The van der Waals surface area contributed by atoms with E-state index in [1.807, 2.05) is 0 Å². The van der Waals surface area contributed by atoms with E-state index in [0.717, 1.165) is 18.2 Å². The standard InChI is InChI=1S/C15H9Cl2F3O3/c16-11-6-12(17)13(5-9(11)14(21)22)23-7-8-3-1-2-4-10(8)15(18,19)20/h1-6H,7H2,(H,21,22). The van der Waals surface area contributed by atoms with Crippen LogP contribution in [-0.2, 0) is 12.8 Å². The molecule has 0 radical (unpaired) electrons. The second-order valence-corrected chi connectivity index (χ2v) is 5.33. The Bertz CT molecular complexity index is 745. The Morgan fingerprint density at radius 3 is 2.39 bits per heavy atom. The first kappa shape index (κ1) is 17.4. The molecule has 0 atom stereocenters. The molecular formula is C15H9Cl2F3O3. The highest BCUT2D eigenvalue weighted by molar-refractivity contribution is 6.37. The normalized spacial score (nSPS) is 11.3. The van der Waals surface area contributed by atoms with Crippen LogP contribution in [0, 0.1) is 0 Å². The monoisotopic (exact) mass is 364 g/mol. The fourth-order valence-electron chi connectivity index (χ4n) is 1.88. The van der Waals surface area contributed by atoms with Crippen molar-refractivity contribution < 1.29 is 27.8 Å². The molecular weight excluding hydrogens is 356 g/mol. The summed E-state index contributed by atoms with van der Waals surface area (Å²) in [6.45, 7) is -0.421. The lowest BCUT2D eigenvalue weighted by molar-refractivity contribution is -0.138. The maximum atomic E-state index is 12.9. The van der Waals surface area contributed by atoms with Gasteiger partial charge in [-0.15, -0.1) is 0 Å². The van der Waals surface area contributed by atoms with Gasteiger partial charge in [0.1, 0.15) is 12.4 Å². The van der Waals surface area contributed by atoms with Crippen molar-refractivity contribution in [1.29, 1.82) is 0 Å². The predicted octanol–water partition coefficient (Wildman–Crippen LogP) is 5.29. The number of carboxylic acids is 1. The summed E-state index contributed by atoms with van der Waals surface area (Å²) in [7, 11) is 0. The summed E-state index contributed by atoms with van der Waals surface area (Å²) < 4.78 is 43.9. The predicted molar refractivity (Wildman–Crippen MR) is 79.2 cm³/mol. The second-order valence-electron chi connectivity index (χ2n) is 4.51. The smallest absolute Gasteiger partial charge is 0.416 e. The molecule has 0 aromatic heterocycles. The Hall–Kier alpha value is -1.92. The third kappa shape index (κ3) is 4.09. The van der Waals surface area contributed by atoms with Gasteiger partial charge in [0.25, 0.3) is 0 Å². The molecule has 3 nitrogen and oxygen atoms in total. The topological polar surface area (TPSA) is 46.5 Å². The fraction of sp³-hybridized carbons (Fsp3) is 0.133. The number of hydrogen-bond acceptors (Lipinski definition) is 2. The molecule has 8 heteroatoms. The van der Waals surface area contributed by atoms with Gasteiger partial charge in [0.15, 0.2) is 0 Å². The summed E-state index contributed by atoms with van der Waals surface area (Å²) in [6, 6.07) is 7.15. The third-order valence-electron chi connectivity index (χ3n) is 2.96. The molecule has 1 N–H and O–H groups in total. The number of rotatable bonds is 4. The minimum absolute atomic E-state index is 0.00416. The molecule has 122 valence electrons. The van der Waals surface area contributed by atoms with E-state index >= 15 is 0 Å². The van der Waals surface area contributed by atoms with Crippen molar-refractivity contribution in [3.8, 4) is 5.75 Å². The van der Waals surface area contributed by atoms with Crippen molar-refractivity contribution in [1.82, 2.24) is 0 Å². The summed E-state index contributed by atoms with van der Waals surface area (Å²) in [4.78, 5) is 11.0. The number of carboxylic acid groups (broad SMARTS) is 1. The van der Waals surface area contributed by atoms with Crippen LogP contribution in [0.2, 0.25) is 10.0 Å². The summed E-state index contributed by atoms with van der Waals surface area (Å²) >= 11 is 11.6. The number of hydrogen-bond donors (Lipinski definition) is 1. The molecule has 2 aromatic rings. The molecule has 0 aliphatic carbocycles. The molecule has 0 unspecified atom stereocenters. The van der Waals surface area contributed by atoms with Gasteiger partial charge >= 0.3 is 12.1 Å². The number of benzene rings is 2. The van der Waals surface area contributed by atoms with Crippen LogP contribution in [0.15, 0.2) is 36.4 Å². The van der Waals surface area contributed by atoms with Crippen LogP contribution in [0.5, 0.6) is 5.75 Å². The van der Waals surface area contributed by atoms with Crippen LogP contribution in [0.3, 0.4) is 0 Å². The molecule has 0 amide bonds. The van der Waals surface area contributed by atoms with Crippen molar-refractivity contribution in [2.75, 3.05) is 0 Å². The molecule has 0 spiro atoms. The van der Waals surface area contributed by atoms with Crippen LogP contribution in [0.25, 0.3) is 0 Å². The third-order valence-corrected chi connectivity index (χ3v) is 3.57. The molecule has 0 heterocycles. The highest BCUT2D eigenvalue weighted by atomic mass is 35.5. The number of ether oxygens (including phenoxy) is 1. The summed E-state index contributed by atoms with van der Waals surface area (Å²) in [5.74, 6) is -1.36. The lowest BCUT2D eigenvalue weighted by Crippen LogP contribution is -2.11. The van der Waals surface area contributed by atoms with Crippen LogP contribution >= 0.6 is 23.2 Å². The molecule has 0 aliphatic rings. The minimum atomic E-state index is -4.52. The number of halogens is 5. The first-order valence-electron chi connectivity index (χ1n) is 6.20. The average Bonchev–Trinajstić information content (AvgIpc) is 2.45. The van der Waals surface area contributed by atoms with Crippen molar-refractivity contribution in [3.05, 3.63) is 63.1 Å². The SMILES string of the molecule is O=C(O)c1cc(OCc2ccccc2C(F)(F)F)c(Cl)cc1Cl. The van der Waals surface area contributed by atoms with Gasteiger partial charge in [0, 0.05) is 5.56 Å². The molecule has 0 fully saturated rings. The van der Waals surface area contributed by atoms with E-state index in [2.05, 4.69) is 0 Å². The van der Waals surface area contributed by atoms with E-state index in [0.29, 0.717) is 0 Å². The van der Waals surface area contributed by atoms with E-state index in [4.69, 9.17) is 33.0 Å². The van der Waals surface area contributed by atoms with Crippen molar-refractivity contribution >= 4 is 29.2 Å². The Labute approximate surface area is 139 Å². The molecule has 0 saturated carbocycles. The molecule has 0 saturated heterocycles. The molecule has 2 rings (SSSR count). The molecule has 0 aliphatic heterocycles. The van der Waals surface area contributed by atoms with Crippen LogP contribution in [0.1, 0.15) is 21.5 Å². The maximum absolute atomic E-state index is 12.9. The van der Waals surface area contributed by atoms with Crippen molar-refractivity contribution in [2.24, 2.45) is 0 Å². The quantitative estimate of drug-likeness (QED) is 0.801. The fourth-order valence-corrected chi connectivity index (χ4v) is 2.40. The number of aromatic carboxylic acids is 1. The summed E-state index contributed by atoms with van der Waals surface area (Å²) in [5, 5.41) is 8.90. The van der Waals surface area contributed by atoms with Gasteiger partial charge < -0.3 is 9.84 Å². The highest BCUT2D eigenvalue weighted by Crippen LogP contribution is 2.34. The van der Waals surface area contributed by atoms with E-state index in [1.165, 1.54) is 18.2 Å². The van der Waals surface area contributed by atoms with Crippen molar-refractivity contribution in [3.63, 3.8) is 0 Å². The average molecular weight is 365 g/mol. The molecule has 2 aromatic carbocycles. The Kier molecular flexibility index (Phi) is 5.06. The first-order chi connectivity index (χ1) is 10.7. The van der Waals surface area contributed by atoms with E-state index in [9.17, 15) is 18.0 Å². The lowest BCUT2D eigenvalue weighted by atomic mass is 10.1. The van der Waals surface area contributed by atoms with E-state index < -0.39 is 24.3 Å². The molecule has 23 heavy (non-hydrogen) atoms. The van der Waals surface area contributed by atoms with Gasteiger partial charge in [-0.3, -0.25) is 0 Å². The second kappa shape index (κ2) is 6.68. The summed E-state index contributed by atoms with van der Waals surface area (Å²) in [5.41, 5.74) is -1.18. The van der Waals surface area contributed by atoms with Gasteiger partial charge in [-0.2, -0.15) is 13.2 Å². The zero-order chi connectivity index (χ0) is 17.2. The Morgan fingerprint density at radius 2 is 1.78 bits per heavy atom. The Balaban J connectivity index is 2.29. The maximum Gasteiger partial charge on any atom is 0.416 e. The lowest BCUT2D eigenvalue weighted by Gasteiger charge is -2.14. The van der Waals surface area contributed by atoms with Crippen molar-refractivity contribution in [2.45, 2.75) is 12.8 Å². The molecule has 0 bridgehead atoms. The summed E-state index contributed by atoms with van der Waals surface area (Å²) in [6.07, 6.45) is -4.52. The zero-order valence-electron chi connectivity index (χ0n) is 11.3. The van der Waals surface area contributed by atoms with Gasteiger partial charge in [-0.1, -0.05) is 41.4 Å². The highest BCUT2D eigenvalue weighted by Gasteiger charge is 2.33. The number of carbonyl (C=O) groups is 1. The van der Waals surface area contributed by atoms with Crippen LogP contribution in [0.4, 0.5) is 13.2 Å². The van der Waals surface area contributed by atoms with E-state index in [1.54, 1.807) is 0 Å².